The largest absolute Gasteiger partial charge is 0.455 e. The number of carbonyl (C=O) groups is 1. The van der Waals surface area contributed by atoms with E-state index in [1.165, 1.54) is 0 Å². The summed E-state index contributed by atoms with van der Waals surface area (Å²) in [4.78, 5) is 15.9. The molecule has 1 fully saturated rings. The topological polar surface area (TPSA) is 74.7 Å². The van der Waals surface area contributed by atoms with E-state index in [1.807, 2.05) is 6.07 Å². The number of hydrazine groups is 1. The monoisotopic (exact) mass is 252 g/mol. The summed E-state index contributed by atoms with van der Waals surface area (Å²) in [6.07, 6.45) is 1.16. The second kappa shape index (κ2) is 5.99. The smallest absolute Gasteiger partial charge is 0.300 e. The van der Waals surface area contributed by atoms with Crippen LogP contribution in [0.5, 0.6) is 0 Å². The summed E-state index contributed by atoms with van der Waals surface area (Å²) >= 11 is 0. The quantitative estimate of drug-likeness (QED) is 0.451. The third kappa shape index (κ3) is 3.32. The number of furan rings is 1. The first-order valence-electron chi connectivity index (χ1n) is 6.19. The summed E-state index contributed by atoms with van der Waals surface area (Å²) in [7, 11) is 2.14. The highest BCUT2D eigenvalue weighted by Gasteiger charge is 2.15. The minimum atomic E-state index is -0.392. The van der Waals surface area contributed by atoms with E-state index in [9.17, 15) is 4.79 Å². The fraction of sp³-hybridized carbons (Fsp3) is 0.583. The van der Waals surface area contributed by atoms with Crippen LogP contribution in [0.1, 0.15) is 22.7 Å². The summed E-state index contributed by atoms with van der Waals surface area (Å²) in [5.41, 5.74) is 2.06. The predicted molar refractivity (Wildman–Crippen MR) is 67.8 cm³/mol. The molecular formula is C12H20N4O2. The van der Waals surface area contributed by atoms with E-state index >= 15 is 0 Å². The Hall–Kier alpha value is -1.37. The second-order valence-electron chi connectivity index (χ2n) is 4.67. The number of amides is 1. The van der Waals surface area contributed by atoms with Crippen molar-refractivity contribution < 1.29 is 9.21 Å². The van der Waals surface area contributed by atoms with E-state index in [4.69, 9.17) is 10.3 Å². The van der Waals surface area contributed by atoms with Gasteiger partial charge in [0.15, 0.2) is 5.76 Å². The Kier molecular flexibility index (Phi) is 4.35. The molecule has 1 aromatic rings. The molecule has 2 rings (SSSR count). The minimum Gasteiger partial charge on any atom is -0.455 e. The standard InChI is InChI=1S/C12H20N4O2/c1-15-5-2-6-16(8-7-15)9-10-3-4-11(18-10)12(17)14-13/h3-4H,2,5-9,13H2,1H3,(H,14,17). The molecule has 6 heteroatoms. The molecule has 0 bridgehead atoms. The van der Waals surface area contributed by atoms with Crippen LogP contribution in [-0.4, -0.2) is 48.9 Å². The van der Waals surface area contributed by atoms with Gasteiger partial charge in [-0.15, -0.1) is 0 Å². The summed E-state index contributed by atoms with van der Waals surface area (Å²) in [5.74, 6) is 5.73. The fourth-order valence-electron chi connectivity index (χ4n) is 2.13. The molecule has 1 amide bonds. The molecule has 0 atom stereocenters. The van der Waals surface area contributed by atoms with Gasteiger partial charge in [0.2, 0.25) is 0 Å². The Labute approximate surface area is 107 Å². The highest BCUT2D eigenvalue weighted by Crippen LogP contribution is 2.12. The SMILES string of the molecule is CN1CCCN(Cc2ccc(C(=O)NN)o2)CC1. The average molecular weight is 252 g/mol. The number of nitrogen functional groups attached to an aromatic ring is 1. The number of hydrogen-bond acceptors (Lipinski definition) is 5. The van der Waals surface area contributed by atoms with Crippen LogP contribution in [0.15, 0.2) is 16.5 Å². The van der Waals surface area contributed by atoms with Crippen molar-refractivity contribution in [3.63, 3.8) is 0 Å². The number of hydrogen-bond donors (Lipinski definition) is 2. The second-order valence-corrected chi connectivity index (χ2v) is 4.67. The lowest BCUT2D eigenvalue weighted by molar-refractivity contribution is 0.0922. The van der Waals surface area contributed by atoms with E-state index in [0.717, 1.165) is 44.9 Å². The molecular weight excluding hydrogens is 232 g/mol. The molecule has 18 heavy (non-hydrogen) atoms. The number of carbonyl (C=O) groups excluding carboxylic acids is 1. The third-order valence-electron chi connectivity index (χ3n) is 3.21. The molecule has 0 aromatic carbocycles. The predicted octanol–water partition coefficient (Wildman–Crippen LogP) is 0.0206. The molecule has 1 aliphatic rings. The maximum absolute atomic E-state index is 11.3. The van der Waals surface area contributed by atoms with Gasteiger partial charge in [0, 0.05) is 13.1 Å². The molecule has 100 valence electrons. The average Bonchev–Trinajstić information content (AvgIpc) is 2.73. The van der Waals surface area contributed by atoms with Gasteiger partial charge in [0.1, 0.15) is 5.76 Å². The maximum atomic E-state index is 11.3. The first kappa shape index (κ1) is 13.1. The molecule has 6 nitrogen and oxygen atoms in total. The van der Waals surface area contributed by atoms with E-state index in [1.54, 1.807) is 6.07 Å². The normalized spacial score (nSPS) is 18.6. The van der Waals surface area contributed by atoms with Gasteiger partial charge in [0.05, 0.1) is 6.54 Å². The van der Waals surface area contributed by atoms with Crippen LogP contribution in [0.3, 0.4) is 0 Å². The van der Waals surface area contributed by atoms with Crippen molar-refractivity contribution >= 4 is 5.91 Å². The van der Waals surface area contributed by atoms with Crippen molar-refractivity contribution in [2.45, 2.75) is 13.0 Å². The van der Waals surface area contributed by atoms with Gasteiger partial charge in [-0.05, 0) is 38.7 Å². The zero-order valence-electron chi connectivity index (χ0n) is 10.7. The number of rotatable bonds is 3. The van der Waals surface area contributed by atoms with Crippen LogP contribution in [0.4, 0.5) is 0 Å². The van der Waals surface area contributed by atoms with Crippen molar-refractivity contribution in [2.24, 2.45) is 5.84 Å². The van der Waals surface area contributed by atoms with Crippen LogP contribution < -0.4 is 11.3 Å². The minimum absolute atomic E-state index is 0.263. The number of likely N-dealkylation sites (N-methyl/N-ethyl adjacent to an activating group) is 1. The Morgan fingerprint density at radius 2 is 2.22 bits per heavy atom. The molecule has 2 heterocycles. The van der Waals surface area contributed by atoms with Crippen molar-refractivity contribution in [3.05, 3.63) is 23.7 Å². The lowest BCUT2D eigenvalue weighted by Gasteiger charge is -2.18. The summed E-state index contributed by atoms with van der Waals surface area (Å²) < 4.78 is 5.46. The molecule has 1 aliphatic heterocycles. The highest BCUT2D eigenvalue weighted by atomic mass is 16.4. The van der Waals surface area contributed by atoms with E-state index in [2.05, 4.69) is 22.3 Å². The van der Waals surface area contributed by atoms with Crippen molar-refractivity contribution in [2.75, 3.05) is 33.2 Å². The van der Waals surface area contributed by atoms with Crippen LogP contribution in [-0.2, 0) is 6.54 Å². The summed E-state index contributed by atoms with van der Waals surface area (Å²) in [5, 5.41) is 0. The number of nitrogens with two attached hydrogens (primary N) is 1. The van der Waals surface area contributed by atoms with Crippen LogP contribution >= 0.6 is 0 Å². The fourth-order valence-corrected chi connectivity index (χ4v) is 2.13. The number of nitrogens with one attached hydrogen (secondary N) is 1. The van der Waals surface area contributed by atoms with Gasteiger partial charge >= 0.3 is 5.91 Å². The van der Waals surface area contributed by atoms with Gasteiger partial charge in [0.25, 0.3) is 0 Å². The molecule has 0 radical (unpaired) electrons. The zero-order chi connectivity index (χ0) is 13.0. The molecule has 0 unspecified atom stereocenters. The van der Waals surface area contributed by atoms with Crippen LogP contribution in [0.25, 0.3) is 0 Å². The van der Waals surface area contributed by atoms with Gasteiger partial charge in [-0.25, -0.2) is 5.84 Å². The van der Waals surface area contributed by atoms with E-state index < -0.39 is 5.91 Å². The molecule has 0 spiro atoms. The van der Waals surface area contributed by atoms with E-state index in [0.29, 0.717) is 0 Å². The van der Waals surface area contributed by atoms with Gasteiger partial charge in [-0.3, -0.25) is 15.1 Å². The van der Waals surface area contributed by atoms with Crippen molar-refractivity contribution in [1.82, 2.24) is 15.2 Å². The summed E-state index contributed by atoms with van der Waals surface area (Å²) in [6, 6.07) is 3.49. The Bertz CT molecular complexity index is 405. The molecule has 1 aromatic heterocycles. The molecule has 0 saturated carbocycles. The first-order chi connectivity index (χ1) is 8.69. The molecule has 0 aliphatic carbocycles. The van der Waals surface area contributed by atoms with Crippen molar-refractivity contribution in [3.8, 4) is 0 Å². The Morgan fingerprint density at radius 1 is 1.39 bits per heavy atom. The number of nitrogens with zero attached hydrogens (tertiary/aromatic N) is 2. The van der Waals surface area contributed by atoms with Crippen LogP contribution in [0.2, 0.25) is 0 Å². The summed E-state index contributed by atoms with van der Waals surface area (Å²) in [6.45, 7) is 5.02. The van der Waals surface area contributed by atoms with Crippen molar-refractivity contribution in [1.29, 1.82) is 0 Å². The Morgan fingerprint density at radius 3 is 3.00 bits per heavy atom. The van der Waals surface area contributed by atoms with Crippen LogP contribution in [0, 0.1) is 0 Å². The van der Waals surface area contributed by atoms with Gasteiger partial charge in [-0.1, -0.05) is 0 Å². The first-order valence-corrected chi connectivity index (χ1v) is 6.19. The van der Waals surface area contributed by atoms with Gasteiger partial charge < -0.3 is 9.32 Å². The molecule has 1 saturated heterocycles. The lowest BCUT2D eigenvalue weighted by atomic mass is 10.3. The highest BCUT2D eigenvalue weighted by molar-refractivity contribution is 5.90. The third-order valence-corrected chi connectivity index (χ3v) is 3.21. The van der Waals surface area contributed by atoms with E-state index in [-0.39, 0.29) is 5.76 Å². The zero-order valence-corrected chi connectivity index (χ0v) is 10.7. The Balaban J connectivity index is 1.92. The molecule has 3 N–H and O–H groups in total. The van der Waals surface area contributed by atoms with Gasteiger partial charge in [-0.2, -0.15) is 0 Å². The lowest BCUT2D eigenvalue weighted by Crippen LogP contribution is -2.29. The maximum Gasteiger partial charge on any atom is 0.300 e.